The number of fused-ring (bicyclic) bond motifs is 1. The molecule has 2 saturated heterocycles. The summed E-state index contributed by atoms with van der Waals surface area (Å²) in [5.74, 6) is 0. The summed E-state index contributed by atoms with van der Waals surface area (Å²) < 4.78 is 5.49. The van der Waals surface area contributed by atoms with Crippen molar-refractivity contribution in [1.82, 2.24) is 4.90 Å². The number of piperidine rings is 1. The Bertz CT molecular complexity index is 137. The molecule has 0 aromatic carbocycles. The molecule has 2 aliphatic heterocycles. The highest BCUT2D eigenvalue weighted by Crippen LogP contribution is 2.42. The van der Waals surface area contributed by atoms with Crippen LogP contribution in [0.1, 0.15) is 13.3 Å². The first-order valence-corrected chi connectivity index (χ1v) is 3.57. The number of hydrogen-bond donors (Lipinski definition) is 0. The van der Waals surface area contributed by atoms with Gasteiger partial charge in [-0.25, -0.2) is 0 Å². The first-order chi connectivity index (χ1) is 4.21. The van der Waals surface area contributed by atoms with Gasteiger partial charge in [-0.1, -0.05) is 0 Å². The van der Waals surface area contributed by atoms with Crippen LogP contribution < -0.4 is 0 Å². The second kappa shape index (κ2) is 1.50. The Labute approximate surface area is 55.8 Å². The second-order valence-electron chi connectivity index (χ2n) is 3.43. The van der Waals surface area contributed by atoms with E-state index in [1.807, 2.05) is 0 Å². The summed E-state index contributed by atoms with van der Waals surface area (Å²) in [7, 11) is 2.15. The summed E-state index contributed by atoms with van der Waals surface area (Å²) in [6, 6.07) is 0. The number of epoxide rings is 1. The van der Waals surface area contributed by atoms with Gasteiger partial charge in [0.2, 0.25) is 0 Å². The number of hydrogen-bond acceptors (Lipinski definition) is 2. The average Bonchev–Trinajstić information content (AvgIpc) is 2.41. The molecule has 0 aromatic heterocycles. The summed E-state index contributed by atoms with van der Waals surface area (Å²) in [6.45, 7) is 4.55. The van der Waals surface area contributed by atoms with Crippen molar-refractivity contribution in [3.63, 3.8) is 0 Å². The summed E-state index contributed by atoms with van der Waals surface area (Å²) in [5.41, 5.74) is 0.284. The van der Waals surface area contributed by atoms with Gasteiger partial charge in [-0.3, -0.25) is 0 Å². The predicted octanol–water partition coefficient (Wildman–Crippen LogP) is 0.479. The van der Waals surface area contributed by atoms with Crippen LogP contribution in [0.5, 0.6) is 0 Å². The maximum absolute atomic E-state index is 5.49. The summed E-state index contributed by atoms with van der Waals surface area (Å²) in [4.78, 5) is 2.33. The Morgan fingerprint density at radius 3 is 3.00 bits per heavy atom. The Balaban J connectivity index is 2.01. The molecule has 2 fully saturated rings. The predicted molar refractivity (Wildman–Crippen MR) is 35.4 cm³/mol. The molecule has 0 unspecified atom stereocenters. The zero-order valence-electron chi connectivity index (χ0n) is 6.05. The minimum atomic E-state index is 0.284. The van der Waals surface area contributed by atoms with Crippen LogP contribution in [0.15, 0.2) is 0 Å². The smallest absolute Gasteiger partial charge is 0.0997 e. The highest BCUT2D eigenvalue weighted by molar-refractivity contribution is 5.03. The lowest BCUT2D eigenvalue weighted by atomic mass is 10.00. The van der Waals surface area contributed by atoms with Gasteiger partial charge in [0.25, 0.3) is 0 Å². The number of ether oxygens (including phenoxy) is 1. The molecular formula is C7H13NO. The van der Waals surface area contributed by atoms with Crippen LogP contribution in [0.4, 0.5) is 0 Å². The fraction of sp³-hybridized carbons (Fsp3) is 1.00. The SMILES string of the molecule is CN1CC[C@]2(C)O[C@H]2C1. The van der Waals surface area contributed by atoms with Crippen LogP contribution in [0.3, 0.4) is 0 Å². The van der Waals surface area contributed by atoms with Crippen molar-refractivity contribution in [2.24, 2.45) is 0 Å². The third kappa shape index (κ3) is 0.775. The van der Waals surface area contributed by atoms with Crippen molar-refractivity contribution >= 4 is 0 Å². The van der Waals surface area contributed by atoms with Gasteiger partial charge in [0, 0.05) is 13.1 Å². The summed E-state index contributed by atoms with van der Waals surface area (Å²) in [5, 5.41) is 0. The highest BCUT2D eigenvalue weighted by atomic mass is 16.6. The molecule has 2 heteroatoms. The lowest BCUT2D eigenvalue weighted by Gasteiger charge is -2.21. The molecule has 0 N–H and O–H groups in total. The van der Waals surface area contributed by atoms with E-state index in [0.29, 0.717) is 6.10 Å². The standard InChI is InChI=1S/C7H13NO/c1-7-3-4-8(2)5-6(7)9-7/h6H,3-5H2,1-2H3/t6-,7-/m0/s1. The van der Waals surface area contributed by atoms with Gasteiger partial charge in [0.15, 0.2) is 0 Å². The fourth-order valence-electron chi connectivity index (χ4n) is 1.53. The molecule has 52 valence electrons. The van der Waals surface area contributed by atoms with E-state index in [-0.39, 0.29) is 5.60 Å². The van der Waals surface area contributed by atoms with Crippen LogP contribution >= 0.6 is 0 Å². The van der Waals surface area contributed by atoms with E-state index in [0.717, 1.165) is 6.54 Å². The van der Waals surface area contributed by atoms with E-state index < -0.39 is 0 Å². The van der Waals surface area contributed by atoms with E-state index in [1.165, 1.54) is 13.0 Å². The lowest BCUT2D eigenvalue weighted by Crippen LogP contribution is -2.35. The van der Waals surface area contributed by atoms with Crippen LogP contribution in [0.2, 0.25) is 0 Å². The molecule has 0 bridgehead atoms. The maximum atomic E-state index is 5.49. The van der Waals surface area contributed by atoms with E-state index in [9.17, 15) is 0 Å². The largest absolute Gasteiger partial charge is 0.365 e. The third-order valence-electron chi connectivity index (χ3n) is 2.50. The normalized spacial score (nSPS) is 50.7. The van der Waals surface area contributed by atoms with E-state index in [2.05, 4.69) is 18.9 Å². The Morgan fingerprint density at radius 2 is 2.44 bits per heavy atom. The molecule has 0 amide bonds. The van der Waals surface area contributed by atoms with Crippen LogP contribution in [0, 0.1) is 0 Å². The molecule has 2 atom stereocenters. The molecule has 0 spiro atoms. The summed E-state index contributed by atoms with van der Waals surface area (Å²) in [6.07, 6.45) is 1.77. The lowest BCUT2D eigenvalue weighted by molar-refractivity contribution is 0.274. The number of rotatable bonds is 0. The van der Waals surface area contributed by atoms with Gasteiger partial charge >= 0.3 is 0 Å². The van der Waals surface area contributed by atoms with Crippen LogP contribution in [-0.4, -0.2) is 36.7 Å². The van der Waals surface area contributed by atoms with Gasteiger partial charge in [0.1, 0.15) is 0 Å². The van der Waals surface area contributed by atoms with E-state index >= 15 is 0 Å². The van der Waals surface area contributed by atoms with Crippen LogP contribution in [-0.2, 0) is 4.74 Å². The molecule has 9 heavy (non-hydrogen) atoms. The maximum Gasteiger partial charge on any atom is 0.0997 e. The van der Waals surface area contributed by atoms with E-state index in [4.69, 9.17) is 4.74 Å². The van der Waals surface area contributed by atoms with Gasteiger partial charge in [-0.05, 0) is 20.4 Å². The van der Waals surface area contributed by atoms with Crippen LogP contribution in [0.25, 0.3) is 0 Å². The average molecular weight is 127 g/mol. The minimum absolute atomic E-state index is 0.284. The van der Waals surface area contributed by atoms with Crippen molar-refractivity contribution in [3.8, 4) is 0 Å². The molecule has 0 radical (unpaired) electrons. The Morgan fingerprint density at radius 1 is 1.67 bits per heavy atom. The molecule has 2 heterocycles. The molecule has 2 nitrogen and oxygen atoms in total. The van der Waals surface area contributed by atoms with Crippen molar-refractivity contribution < 1.29 is 4.74 Å². The van der Waals surface area contributed by atoms with Gasteiger partial charge in [-0.15, -0.1) is 0 Å². The molecule has 0 saturated carbocycles. The first-order valence-electron chi connectivity index (χ1n) is 3.57. The Hall–Kier alpha value is -0.0800. The van der Waals surface area contributed by atoms with Gasteiger partial charge in [0.05, 0.1) is 11.7 Å². The minimum Gasteiger partial charge on any atom is -0.365 e. The quantitative estimate of drug-likeness (QED) is 0.440. The molecule has 0 aromatic rings. The number of likely N-dealkylation sites (tertiary alicyclic amines) is 1. The second-order valence-corrected chi connectivity index (χ2v) is 3.43. The van der Waals surface area contributed by atoms with Crippen molar-refractivity contribution in [1.29, 1.82) is 0 Å². The zero-order valence-corrected chi connectivity index (χ0v) is 6.05. The molecule has 2 aliphatic rings. The summed E-state index contributed by atoms with van der Waals surface area (Å²) >= 11 is 0. The highest BCUT2D eigenvalue weighted by Gasteiger charge is 2.54. The van der Waals surface area contributed by atoms with Gasteiger partial charge in [-0.2, -0.15) is 0 Å². The third-order valence-corrected chi connectivity index (χ3v) is 2.50. The Kier molecular flexibility index (Phi) is 0.945. The number of nitrogens with zero attached hydrogens (tertiary/aromatic N) is 1. The zero-order chi connectivity index (χ0) is 6.48. The fourth-order valence-corrected chi connectivity index (χ4v) is 1.53. The molecular weight excluding hydrogens is 114 g/mol. The topological polar surface area (TPSA) is 15.8 Å². The van der Waals surface area contributed by atoms with Crippen molar-refractivity contribution in [2.45, 2.75) is 25.0 Å². The van der Waals surface area contributed by atoms with E-state index in [1.54, 1.807) is 0 Å². The first kappa shape index (κ1) is 5.69. The van der Waals surface area contributed by atoms with Crippen molar-refractivity contribution in [2.75, 3.05) is 20.1 Å². The van der Waals surface area contributed by atoms with Gasteiger partial charge < -0.3 is 9.64 Å². The van der Waals surface area contributed by atoms with Crippen molar-refractivity contribution in [3.05, 3.63) is 0 Å². The molecule has 2 rings (SSSR count). The number of likely N-dealkylation sites (N-methyl/N-ethyl adjacent to an activating group) is 1. The molecule has 0 aliphatic carbocycles. The monoisotopic (exact) mass is 127 g/mol.